The molecule has 0 radical (unpaired) electrons. The van der Waals surface area contributed by atoms with Gasteiger partial charge in [0.15, 0.2) is 0 Å². The van der Waals surface area contributed by atoms with Crippen molar-refractivity contribution in [2.24, 2.45) is 5.41 Å². The molecule has 2 amide bonds. The first kappa shape index (κ1) is 20.1. The van der Waals surface area contributed by atoms with Crippen molar-refractivity contribution in [2.75, 3.05) is 13.1 Å². The quantitative estimate of drug-likeness (QED) is 0.784. The summed E-state index contributed by atoms with van der Waals surface area (Å²) < 4.78 is 13.5. The second-order valence-electron chi connectivity index (χ2n) is 9.64. The van der Waals surface area contributed by atoms with Crippen LogP contribution in [0.25, 0.3) is 0 Å². The molecule has 0 aromatic carbocycles. The molecule has 7 heteroatoms. The van der Waals surface area contributed by atoms with Crippen molar-refractivity contribution < 1.29 is 14.0 Å². The maximum atomic E-state index is 13.5. The van der Waals surface area contributed by atoms with Gasteiger partial charge in [-0.25, -0.2) is 4.39 Å². The van der Waals surface area contributed by atoms with Crippen LogP contribution in [0.3, 0.4) is 0 Å². The zero-order valence-corrected chi connectivity index (χ0v) is 16.6. The summed E-state index contributed by atoms with van der Waals surface area (Å²) in [5.41, 5.74) is -0.622. The van der Waals surface area contributed by atoms with Gasteiger partial charge in [0.1, 0.15) is 12.2 Å². The van der Waals surface area contributed by atoms with Gasteiger partial charge in [0.05, 0.1) is 19.2 Å². The monoisotopic (exact) mass is 378 g/mol. The van der Waals surface area contributed by atoms with Gasteiger partial charge in [0.2, 0.25) is 11.8 Å². The highest BCUT2D eigenvalue weighted by Crippen LogP contribution is 2.52. The molecule has 2 atom stereocenters. The fourth-order valence-corrected chi connectivity index (χ4v) is 4.81. The summed E-state index contributed by atoms with van der Waals surface area (Å²) in [6.45, 7) is 6.15. The molecule has 4 rings (SSSR count). The van der Waals surface area contributed by atoms with E-state index in [0.717, 1.165) is 38.5 Å². The average molecular weight is 378 g/mol. The molecule has 4 aliphatic rings. The molecule has 150 valence electrons. The van der Waals surface area contributed by atoms with Crippen LogP contribution in [-0.2, 0) is 9.59 Å². The number of hydrogen-bond acceptors (Lipinski definition) is 4. The number of carbonyl (C=O) groups is 2. The second kappa shape index (κ2) is 7.05. The topological polar surface area (TPSA) is 85.2 Å². The highest BCUT2D eigenvalue weighted by atomic mass is 19.1. The maximum Gasteiger partial charge on any atom is 0.237 e. The Bertz CT molecular complexity index is 627. The molecular weight excluding hydrogens is 347 g/mol. The summed E-state index contributed by atoms with van der Waals surface area (Å²) in [7, 11) is 0. The Balaban J connectivity index is 1.55. The van der Waals surface area contributed by atoms with Crippen molar-refractivity contribution in [1.82, 2.24) is 15.5 Å². The van der Waals surface area contributed by atoms with E-state index in [2.05, 4.69) is 10.6 Å². The van der Waals surface area contributed by atoms with E-state index >= 15 is 0 Å². The smallest absolute Gasteiger partial charge is 0.237 e. The van der Waals surface area contributed by atoms with Crippen LogP contribution in [0, 0.1) is 16.7 Å². The number of carbonyl (C=O) groups excluding carboxylic acids is 2. The van der Waals surface area contributed by atoms with Crippen LogP contribution in [0.5, 0.6) is 0 Å². The number of likely N-dealkylation sites (tertiary alicyclic amines) is 1. The van der Waals surface area contributed by atoms with Gasteiger partial charge in [-0.3, -0.25) is 9.59 Å². The molecule has 2 bridgehead atoms. The summed E-state index contributed by atoms with van der Waals surface area (Å²) in [5, 5.41) is 15.7. The van der Waals surface area contributed by atoms with Crippen molar-refractivity contribution >= 4 is 11.8 Å². The molecule has 1 saturated heterocycles. The Morgan fingerprint density at radius 2 is 1.78 bits per heavy atom. The minimum absolute atomic E-state index is 0.0157. The predicted molar refractivity (Wildman–Crippen MR) is 99.4 cm³/mol. The first-order chi connectivity index (χ1) is 12.6. The van der Waals surface area contributed by atoms with E-state index in [0.29, 0.717) is 0 Å². The van der Waals surface area contributed by atoms with E-state index < -0.39 is 12.2 Å². The van der Waals surface area contributed by atoms with Crippen LogP contribution in [0.2, 0.25) is 0 Å². The van der Waals surface area contributed by atoms with E-state index in [4.69, 9.17) is 5.26 Å². The molecule has 27 heavy (non-hydrogen) atoms. The van der Waals surface area contributed by atoms with Gasteiger partial charge < -0.3 is 15.5 Å². The SMILES string of the molecule is CC(C)(C)NC(=O)C12CCC(NCC(=O)N3C[C@@H](F)C[C@H]3C#N)(CC1)CC2. The van der Waals surface area contributed by atoms with Gasteiger partial charge in [-0.2, -0.15) is 5.26 Å². The van der Waals surface area contributed by atoms with E-state index in [9.17, 15) is 14.0 Å². The summed E-state index contributed by atoms with van der Waals surface area (Å²) in [6.07, 6.45) is 4.08. The number of fused-ring (bicyclic) bond motifs is 3. The van der Waals surface area contributed by atoms with Gasteiger partial charge in [-0.05, 0) is 59.3 Å². The average Bonchev–Trinajstić information content (AvgIpc) is 3.01. The Hall–Kier alpha value is -1.68. The first-order valence-electron chi connectivity index (χ1n) is 9.99. The maximum absolute atomic E-state index is 13.5. The summed E-state index contributed by atoms with van der Waals surface area (Å²) >= 11 is 0. The van der Waals surface area contributed by atoms with Crippen molar-refractivity contribution in [3.05, 3.63) is 0 Å². The highest BCUT2D eigenvalue weighted by Gasteiger charge is 2.52. The fraction of sp³-hybridized carbons (Fsp3) is 0.850. The van der Waals surface area contributed by atoms with Gasteiger partial charge in [-0.15, -0.1) is 0 Å². The molecule has 3 saturated carbocycles. The zero-order chi connectivity index (χ0) is 19.9. The van der Waals surface area contributed by atoms with Crippen LogP contribution >= 0.6 is 0 Å². The second-order valence-corrected chi connectivity index (χ2v) is 9.64. The highest BCUT2D eigenvalue weighted by molar-refractivity contribution is 5.84. The number of nitrogens with one attached hydrogen (secondary N) is 2. The molecule has 3 aliphatic carbocycles. The normalized spacial score (nSPS) is 35.7. The minimum atomic E-state index is -1.11. The van der Waals surface area contributed by atoms with Crippen molar-refractivity contribution in [2.45, 2.75) is 89.0 Å². The number of amides is 2. The van der Waals surface area contributed by atoms with Crippen LogP contribution in [0.1, 0.15) is 65.7 Å². The number of halogens is 1. The van der Waals surface area contributed by atoms with Gasteiger partial charge in [0.25, 0.3) is 0 Å². The fourth-order valence-electron chi connectivity index (χ4n) is 4.81. The summed E-state index contributed by atoms with van der Waals surface area (Å²) in [4.78, 5) is 26.6. The third kappa shape index (κ3) is 4.11. The molecule has 0 aromatic heterocycles. The van der Waals surface area contributed by atoms with E-state index in [1.165, 1.54) is 4.90 Å². The summed E-state index contributed by atoms with van der Waals surface area (Å²) in [5.74, 6) is -0.0498. The lowest BCUT2D eigenvalue weighted by atomic mass is 9.56. The van der Waals surface area contributed by atoms with Gasteiger partial charge in [0, 0.05) is 22.9 Å². The number of nitrogens with zero attached hydrogens (tertiary/aromatic N) is 2. The minimum Gasteiger partial charge on any atom is -0.351 e. The molecule has 1 heterocycles. The Morgan fingerprint density at radius 1 is 1.19 bits per heavy atom. The van der Waals surface area contributed by atoms with Crippen molar-refractivity contribution in [3.8, 4) is 6.07 Å². The standard InChI is InChI=1S/C20H31FN4O2/c1-18(2,3)24-17(27)19-4-7-20(8-5-19,9-6-19)23-12-16(26)25-13-14(21)10-15(25)11-22/h14-15,23H,4-10,12-13H2,1-3H3,(H,24,27)/t14-,15-,19?,20?/m0/s1. The Morgan fingerprint density at radius 3 is 2.30 bits per heavy atom. The number of nitriles is 1. The number of rotatable bonds is 4. The predicted octanol–water partition coefficient (Wildman–Crippen LogP) is 2.05. The van der Waals surface area contributed by atoms with E-state index in [-0.39, 0.29) is 47.8 Å². The Labute approximate surface area is 160 Å². The van der Waals surface area contributed by atoms with Gasteiger partial charge in [-0.1, -0.05) is 0 Å². The first-order valence-corrected chi connectivity index (χ1v) is 9.99. The molecule has 4 fully saturated rings. The molecule has 1 aliphatic heterocycles. The van der Waals surface area contributed by atoms with Crippen molar-refractivity contribution in [1.29, 1.82) is 5.26 Å². The Kier molecular flexibility index (Phi) is 5.24. The third-order valence-electron chi connectivity index (χ3n) is 6.55. The molecule has 0 aromatic rings. The van der Waals surface area contributed by atoms with Crippen LogP contribution < -0.4 is 10.6 Å². The largest absolute Gasteiger partial charge is 0.351 e. The zero-order valence-electron chi connectivity index (χ0n) is 16.6. The molecule has 6 nitrogen and oxygen atoms in total. The van der Waals surface area contributed by atoms with Crippen molar-refractivity contribution in [3.63, 3.8) is 0 Å². The summed E-state index contributed by atoms with van der Waals surface area (Å²) in [6, 6.07) is 1.37. The van der Waals surface area contributed by atoms with E-state index in [1.807, 2.05) is 26.8 Å². The van der Waals surface area contributed by atoms with Gasteiger partial charge >= 0.3 is 0 Å². The number of alkyl halides is 1. The van der Waals surface area contributed by atoms with Crippen LogP contribution in [-0.4, -0.2) is 53.1 Å². The third-order valence-corrected chi connectivity index (χ3v) is 6.55. The van der Waals surface area contributed by atoms with Crippen LogP contribution in [0.15, 0.2) is 0 Å². The lowest BCUT2D eigenvalue weighted by molar-refractivity contribution is -0.141. The molecule has 0 unspecified atom stereocenters. The molecule has 2 N–H and O–H groups in total. The molecule has 0 spiro atoms. The number of hydrogen-bond donors (Lipinski definition) is 2. The van der Waals surface area contributed by atoms with E-state index in [1.54, 1.807) is 0 Å². The van der Waals surface area contributed by atoms with Crippen LogP contribution in [0.4, 0.5) is 4.39 Å². The molecular formula is C20H31FN4O2. The lowest BCUT2D eigenvalue weighted by Gasteiger charge is -2.53. The lowest BCUT2D eigenvalue weighted by Crippen LogP contribution is -2.61.